The Bertz CT molecular complexity index is 3420. The average Bonchev–Trinajstić information content (AvgIpc) is 3.37. The van der Waals surface area contributed by atoms with Gasteiger partial charge in [0.25, 0.3) is 0 Å². The number of nitrogens with zero attached hydrogens (tertiary/aromatic N) is 5. The van der Waals surface area contributed by atoms with E-state index >= 15 is 0 Å². The van der Waals surface area contributed by atoms with Gasteiger partial charge in [-0.1, -0.05) is 130 Å². The molecule has 1 aliphatic carbocycles. The highest BCUT2D eigenvalue weighted by molar-refractivity contribution is 6.70. The largest absolute Gasteiger partial charge is 0.228 e. The van der Waals surface area contributed by atoms with Crippen LogP contribution in [-0.4, -0.2) is 127 Å². The third kappa shape index (κ3) is 8.42. The van der Waals surface area contributed by atoms with E-state index in [9.17, 15) is 0 Å². The molecule has 0 saturated carbocycles. The molecule has 69 heavy (non-hydrogen) atoms. The standard InChI is InChI=1S/C51H26B13N5/c1-21-29(47-22(2)46(27-17-13-25(14-18-27)23-9-5-3-6-10-23)65-50(66-47)31-35(54)40(59)44(63)41(60)36(31)55)30(34(53)39(58)33(21)52)49-67-48(28-19-15-26(16-20-28)24-11-7-4-8-12-24)68-51(69-49)32-37(56)42(61)45(64)43(62)38(32)57/h3-19,28H,20H2,1-2H3. The van der Waals surface area contributed by atoms with E-state index in [0.717, 1.165) is 27.8 Å². The molecule has 0 saturated heterocycles. The van der Waals surface area contributed by atoms with Crippen LogP contribution in [0.25, 0.3) is 73.4 Å². The molecule has 2 heterocycles. The number of benzene rings is 6. The SMILES string of the molecule is [B]c1c([B])c([B])c(-c2nc(-c3c([B])c([B])c([B])c(C)c3-c3nc(-c4c([B])c([B])c([B])c([B])c4[B])nc(-c4ccc(-c5ccccc5)cc4)c3C)nc(C3C=CC(c4ccccc4)=CC3)n2)c([B])c1[B]. The van der Waals surface area contributed by atoms with Crippen LogP contribution in [0.1, 0.15) is 34.9 Å². The molecule has 0 amide bonds. The third-order valence-corrected chi connectivity index (χ3v) is 12.8. The van der Waals surface area contributed by atoms with Gasteiger partial charge < -0.3 is 0 Å². The number of rotatable bonds is 8. The van der Waals surface area contributed by atoms with E-state index < -0.39 is 0 Å². The van der Waals surface area contributed by atoms with Crippen LogP contribution < -0.4 is 71.0 Å². The summed E-state index contributed by atoms with van der Waals surface area (Å²) in [5.74, 6) is 0.161. The van der Waals surface area contributed by atoms with Crippen molar-refractivity contribution in [1.82, 2.24) is 24.9 Å². The van der Waals surface area contributed by atoms with Crippen molar-refractivity contribution in [3.8, 4) is 67.8 Å². The first kappa shape index (κ1) is 47.8. The lowest BCUT2D eigenvalue weighted by atomic mass is 9.60. The normalized spacial score (nSPS) is 13.4. The summed E-state index contributed by atoms with van der Waals surface area (Å²) in [4.78, 5) is 25.5. The van der Waals surface area contributed by atoms with E-state index in [1.807, 2.05) is 104 Å². The highest BCUT2D eigenvalue weighted by atomic mass is 15.0. The Kier molecular flexibility index (Phi) is 13.1. The highest BCUT2D eigenvalue weighted by Gasteiger charge is 2.28. The van der Waals surface area contributed by atoms with Gasteiger partial charge in [-0.25, -0.2) is 24.9 Å². The molecule has 294 valence electrons. The molecule has 0 bridgehead atoms. The van der Waals surface area contributed by atoms with Crippen LogP contribution in [0.3, 0.4) is 0 Å². The molecule has 0 aliphatic heterocycles. The Morgan fingerprint density at radius 2 is 0.768 bits per heavy atom. The lowest BCUT2D eigenvalue weighted by molar-refractivity contribution is 0.766. The second-order valence-electron chi connectivity index (χ2n) is 16.9. The van der Waals surface area contributed by atoms with E-state index in [1.54, 1.807) is 6.92 Å². The quantitative estimate of drug-likeness (QED) is 0.151. The minimum Gasteiger partial charge on any atom is -0.228 e. The van der Waals surface area contributed by atoms with Crippen LogP contribution in [0.4, 0.5) is 0 Å². The summed E-state index contributed by atoms with van der Waals surface area (Å²) in [5.41, 5.74) is 8.28. The zero-order valence-electron chi connectivity index (χ0n) is 37.8. The first-order chi connectivity index (χ1) is 33.0. The van der Waals surface area contributed by atoms with Gasteiger partial charge in [-0.15, -0.1) is 43.7 Å². The van der Waals surface area contributed by atoms with Gasteiger partial charge in [-0.2, -0.15) is 0 Å². The van der Waals surface area contributed by atoms with E-state index in [2.05, 4.69) is 6.08 Å². The summed E-state index contributed by atoms with van der Waals surface area (Å²) >= 11 is 0. The maximum absolute atomic E-state index is 7.11. The second kappa shape index (κ2) is 18.9. The summed E-state index contributed by atoms with van der Waals surface area (Å²) in [5, 5.41) is 0. The van der Waals surface area contributed by atoms with Crippen molar-refractivity contribution in [1.29, 1.82) is 0 Å². The van der Waals surface area contributed by atoms with E-state index in [4.69, 9.17) is 127 Å². The summed E-state index contributed by atoms with van der Waals surface area (Å²) in [6.45, 7) is 3.67. The molecule has 5 nitrogen and oxygen atoms in total. The van der Waals surface area contributed by atoms with Gasteiger partial charge in [0.15, 0.2) is 17.5 Å². The molecule has 2 aromatic heterocycles. The van der Waals surface area contributed by atoms with Crippen molar-refractivity contribution in [3.05, 3.63) is 126 Å². The predicted octanol–water partition coefficient (Wildman–Crippen LogP) is -3.27. The molecule has 0 spiro atoms. The van der Waals surface area contributed by atoms with Gasteiger partial charge in [0.2, 0.25) is 0 Å². The topological polar surface area (TPSA) is 64.5 Å². The fraction of sp³-hybridized carbons (Fsp3) is 0.0784. The van der Waals surface area contributed by atoms with Crippen LogP contribution in [0.2, 0.25) is 0 Å². The molecule has 6 aromatic carbocycles. The van der Waals surface area contributed by atoms with Crippen LogP contribution in [0.5, 0.6) is 0 Å². The Morgan fingerprint density at radius 1 is 0.362 bits per heavy atom. The van der Waals surface area contributed by atoms with Crippen molar-refractivity contribution in [2.45, 2.75) is 26.2 Å². The zero-order chi connectivity index (χ0) is 49.2. The molecule has 1 atom stereocenters. The van der Waals surface area contributed by atoms with Gasteiger partial charge in [0.1, 0.15) is 108 Å². The van der Waals surface area contributed by atoms with Crippen molar-refractivity contribution in [3.63, 3.8) is 0 Å². The van der Waals surface area contributed by atoms with Crippen LogP contribution >= 0.6 is 0 Å². The first-order valence-corrected chi connectivity index (χ1v) is 21.7. The number of aromatic nitrogens is 5. The molecular weight excluding hydrogens is 823 g/mol. The van der Waals surface area contributed by atoms with Gasteiger partial charge in [0.05, 0.1) is 11.4 Å². The Morgan fingerprint density at radius 3 is 1.28 bits per heavy atom. The van der Waals surface area contributed by atoms with E-state index in [1.165, 1.54) is 0 Å². The average molecular weight is 849 g/mol. The minimum atomic E-state index is -0.369. The predicted molar refractivity (Wildman–Crippen MR) is 298 cm³/mol. The Balaban J connectivity index is 1.34. The van der Waals surface area contributed by atoms with Crippen molar-refractivity contribution in [2.75, 3.05) is 0 Å². The lowest BCUT2D eigenvalue weighted by Crippen LogP contribution is -2.55. The van der Waals surface area contributed by atoms with Crippen molar-refractivity contribution < 1.29 is 0 Å². The molecule has 9 rings (SSSR count). The summed E-state index contributed by atoms with van der Waals surface area (Å²) in [7, 11) is 85.7. The smallest absolute Gasteiger partial charge is 0.163 e. The van der Waals surface area contributed by atoms with Gasteiger partial charge in [-0.3, -0.25) is 0 Å². The molecular formula is C51H26B13N5. The maximum atomic E-state index is 7.11. The number of hydrogen-bond acceptors (Lipinski definition) is 5. The van der Waals surface area contributed by atoms with Gasteiger partial charge in [0, 0.05) is 39.3 Å². The molecule has 18 heteroatoms. The molecule has 0 fully saturated rings. The maximum Gasteiger partial charge on any atom is 0.163 e. The second-order valence-corrected chi connectivity index (χ2v) is 16.9. The Labute approximate surface area is 420 Å². The van der Waals surface area contributed by atoms with Crippen LogP contribution in [0, 0.1) is 13.8 Å². The van der Waals surface area contributed by atoms with Crippen LogP contribution in [0.15, 0.2) is 103 Å². The van der Waals surface area contributed by atoms with E-state index in [-0.39, 0.29) is 111 Å². The molecule has 26 radical (unpaired) electrons. The lowest BCUT2D eigenvalue weighted by Gasteiger charge is -2.26. The van der Waals surface area contributed by atoms with Gasteiger partial charge >= 0.3 is 0 Å². The van der Waals surface area contributed by atoms with Crippen molar-refractivity contribution in [2.24, 2.45) is 0 Å². The summed E-state index contributed by atoms with van der Waals surface area (Å²) < 4.78 is 0. The van der Waals surface area contributed by atoms with E-state index in [0.29, 0.717) is 40.3 Å². The Hall–Kier alpha value is -6.27. The van der Waals surface area contributed by atoms with Crippen molar-refractivity contribution >= 4 is 179 Å². The molecule has 1 aliphatic rings. The van der Waals surface area contributed by atoms with Crippen LogP contribution in [-0.2, 0) is 0 Å². The summed E-state index contributed by atoms with van der Waals surface area (Å²) in [6.07, 6.45) is 6.67. The molecule has 8 aromatic rings. The molecule has 0 N–H and O–H groups in total. The fourth-order valence-corrected chi connectivity index (χ4v) is 8.69. The third-order valence-electron chi connectivity index (χ3n) is 12.8. The molecule has 1 unspecified atom stereocenters. The number of allylic oxidation sites excluding steroid dienone is 4. The minimum absolute atomic E-state index is 0.0111. The first-order valence-electron chi connectivity index (χ1n) is 21.7. The summed E-state index contributed by atoms with van der Waals surface area (Å²) in [6, 6.07) is 27.9. The highest BCUT2D eigenvalue weighted by Crippen LogP contribution is 2.38. The van der Waals surface area contributed by atoms with Gasteiger partial charge in [-0.05, 0) is 48.1 Å². The zero-order valence-corrected chi connectivity index (χ0v) is 37.8. The fourth-order valence-electron chi connectivity index (χ4n) is 8.69. The number of hydrogen-bond donors (Lipinski definition) is 0. The monoisotopic (exact) mass is 851 g/mol.